The van der Waals surface area contributed by atoms with Gasteiger partial charge in [0.2, 0.25) is 11.3 Å². The maximum atomic E-state index is 15.2. The number of rotatable bonds is 7. The van der Waals surface area contributed by atoms with Crippen LogP contribution in [0.3, 0.4) is 0 Å². The largest absolute Gasteiger partial charge is 0.477 e. The third-order valence-electron chi connectivity index (χ3n) is 7.15. The van der Waals surface area contributed by atoms with Crippen LogP contribution < -0.4 is 15.9 Å². The van der Waals surface area contributed by atoms with E-state index in [1.165, 1.54) is 6.20 Å². The van der Waals surface area contributed by atoms with Crippen molar-refractivity contribution in [2.45, 2.75) is 18.6 Å². The van der Waals surface area contributed by atoms with Gasteiger partial charge >= 0.3 is 5.97 Å². The number of carboxylic acids is 1. The fourth-order valence-corrected chi connectivity index (χ4v) is 5.80. The molecule has 2 aromatic carbocycles. The lowest BCUT2D eigenvalue weighted by molar-refractivity contribution is -0.128. The summed E-state index contributed by atoms with van der Waals surface area (Å²) in [5.74, 6) is -2.25. The first-order valence-electron chi connectivity index (χ1n) is 13.2. The molecule has 220 valence electrons. The van der Waals surface area contributed by atoms with Crippen molar-refractivity contribution >= 4 is 51.8 Å². The van der Waals surface area contributed by atoms with Gasteiger partial charge in [-0.15, -0.1) is 0 Å². The molecule has 0 unspecified atom stereocenters. The molecule has 11 nitrogen and oxygen atoms in total. The SMILES string of the molecule is CCn1cc(C(=O)O)c(=O)c2cc(F)c(N3CCN(C(=O)CSc4nc(-c5ccc(Cl)cc5)c(C#N)c(=O)[nH]4)CC3)cc21. The van der Waals surface area contributed by atoms with E-state index in [9.17, 15) is 29.5 Å². The van der Waals surface area contributed by atoms with Crippen molar-refractivity contribution in [1.29, 1.82) is 5.26 Å². The number of amides is 1. The second kappa shape index (κ2) is 12.3. The minimum atomic E-state index is -1.37. The lowest BCUT2D eigenvalue weighted by Gasteiger charge is -2.36. The molecule has 43 heavy (non-hydrogen) atoms. The zero-order chi connectivity index (χ0) is 30.8. The van der Waals surface area contributed by atoms with Gasteiger partial charge in [-0.1, -0.05) is 35.5 Å². The molecule has 2 aromatic heterocycles. The Hall–Kier alpha value is -4.67. The Morgan fingerprint density at radius 2 is 1.86 bits per heavy atom. The summed E-state index contributed by atoms with van der Waals surface area (Å²) in [4.78, 5) is 60.0. The fourth-order valence-electron chi connectivity index (χ4n) is 4.92. The number of aryl methyl sites for hydroxylation is 1. The van der Waals surface area contributed by atoms with Gasteiger partial charge in [0, 0.05) is 54.9 Å². The highest BCUT2D eigenvalue weighted by Gasteiger charge is 2.25. The van der Waals surface area contributed by atoms with E-state index in [-0.39, 0.29) is 39.1 Å². The number of aromatic amines is 1. The Morgan fingerprint density at radius 3 is 2.49 bits per heavy atom. The van der Waals surface area contributed by atoms with Gasteiger partial charge in [0.1, 0.15) is 23.0 Å². The summed E-state index contributed by atoms with van der Waals surface area (Å²) in [7, 11) is 0. The molecule has 2 N–H and O–H groups in total. The van der Waals surface area contributed by atoms with Crippen molar-refractivity contribution < 1.29 is 19.1 Å². The number of hydrogen-bond acceptors (Lipinski definition) is 8. The first-order valence-corrected chi connectivity index (χ1v) is 14.5. The zero-order valence-corrected chi connectivity index (χ0v) is 24.3. The van der Waals surface area contributed by atoms with Crippen LogP contribution in [0.15, 0.2) is 57.3 Å². The highest BCUT2D eigenvalue weighted by atomic mass is 35.5. The summed E-state index contributed by atoms with van der Waals surface area (Å²) in [5.41, 5.74) is -0.521. The number of nitrogens with one attached hydrogen (secondary N) is 1. The average Bonchev–Trinajstić information content (AvgIpc) is 3.00. The molecule has 3 heterocycles. The predicted molar refractivity (Wildman–Crippen MR) is 160 cm³/mol. The third-order valence-corrected chi connectivity index (χ3v) is 8.26. The Morgan fingerprint density at radius 1 is 1.16 bits per heavy atom. The number of carbonyl (C=O) groups excluding carboxylic acids is 1. The summed E-state index contributed by atoms with van der Waals surface area (Å²) < 4.78 is 16.8. The quantitative estimate of drug-likeness (QED) is 0.233. The highest BCUT2D eigenvalue weighted by molar-refractivity contribution is 7.99. The van der Waals surface area contributed by atoms with Crippen LogP contribution in [0.5, 0.6) is 0 Å². The maximum Gasteiger partial charge on any atom is 0.341 e. The second-order valence-electron chi connectivity index (χ2n) is 9.65. The van der Waals surface area contributed by atoms with E-state index >= 15 is 4.39 Å². The molecule has 0 radical (unpaired) electrons. The Labute approximate surface area is 253 Å². The number of anilines is 1. The molecule has 4 aromatic rings. The van der Waals surface area contributed by atoms with Crippen LogP contribution in [0.2, 0.25) is 5.02 Å². The lowest BCUT2D eigenvalue weighted by atomic mass is 10.1. The molecule has 1 aliphatic rings. The molecule has 0 aliphatic carbocycles. The van der Waals surface area contributed by atoms with Crippen LogP contribution in [0.1, 0.15) is 22.8 Å². The van der Waals surface area contributed by atoms with E-state index in [1.807, 2.05) is 6.07 Å². The fraction of sp³-hybridized carbons (Fsp3) is 0.241. The van der Waals surface area contributed by atoms with Gasteiger partial charge in [-0.05, 0) is 31.2 Å². The summed E-state index contributed by atoms with van der Waals surface area (Å²) in [6.45, 7) is 3.45. The highest BCUT2D eigenvalue weighted by Crippen LogP contribution is 2.27. The van der Waals surface area contributed by atoms with E-state index in [0.717, 1.165) is 17.8 Å². The van der Waals surface area contributed by atoms with Crippen molar-refractivity contribution in [1.82, 2.24) is 19.4 Å². The van der Waals surface area contributed by atoms with Crippen LogP contribution in [0.25, 0.3) is 22.2 Å². The van der Waals surface area contributed by atoms with E-state index in [1.54, 1.807) is 51.6 Å². The normalized spacial score (nSPS) is 13.3. The number of benzene rings is 2. The zero-order valence-electron chi connectivity index (χ0n) is 22.8. The first kappa shape index (κ1) is 29.8. The number of halogens is 2. The number of nitrogens with zero attached hydrogens (tertiary/aromatic N) is 5. The van der Waals surface area contributed by atoms with Gasteiger partial charge in [0.15, 0.2) is 5.16 Å². The lowest BCUT2D eigenvalue weighted by Crippen LogP contribution is -2.49. The standard InChI is InChI=1S/C29H24ClFN6O5S/c1-2-35-14-20(28(41)42)26(39)18-11-21(31)23(12-22(18)35)36-7-9-37(10-8-36)24(38)15-43-29-33-25(19(13-32)27(40)34-29)16-3-5-17(30)6-4-16/h3-6,11-12,14H,2,7-10,15H2,1H3,(H,41,42)(H,33,34,40). The molecule has 1 saturated heterocycles. The summed E-state index contributed by atoms with van der Waals surface area (Å²) in [6.07, 6.45) is 1.26. The molecule has 0 atom stereocenters. The van der Waals surface area contributed by atoms with E-state index in [0.29, 0.717) is 48.8 Å². The monoisotopic (exact) mass is 622 g/mol. The van der Waals surface area contributed by atoms with E-state index in [4.69, 9.17) is 11.6 Å². The summed E-state index contributed by atoms with van der Waals surface area (Å²) in [5, 5.41) is 19.5. The third kappa shape index (κ3) is 5.97. The number of aromatic nitrogens is 3. The molecular formula is C29H24ClFN6O5S. The van der Waals surface area contributed by atoms with Gasteiger partial charge < -0.3 is 24.5 Å². The van der Waals surface area contributed by atoms with Crippen LogP contribution in [-0.4, -0.2) is 68.3 Å². The molecule has 1 amide bonds. The van der Waals surface area contributed by atoms with Gasteiger partial charge in [0.05, 0.1) is 22.7 Å². The minimum absolute atomic E-state index is 0.0116. The first-order chi connectivity index (χ1) is 20.6. The molecule has 14 heteroatoms. The number of carboxylic acid groups (broad SMARTS) is 1. The number of pyridine rings is 1. The molecular weight excluding hydrogens is 599 g/mol. The molecule has 0 saturated carbocycles. The van der Waals surface area contributed by atoms with Crippen molar-refractivity contribution in [3.8, 4) is 17.3 Å². The smallest absolute Gasteiger partial charge is 0.341 e. The summed E-state index contributed by atoms with van der Waals surface area (Å²) in [6, 6.07) is 11.0. The Balaban J connectivity index is 1.28. The molecule has 0 spiro atoms. The van der Waals surface area contributed by atoms with Gasteiger partial charge in [-0.25, -0.2) is 14.2 Å². The topological polar surface area (TPSA) is 152 Å². The molecule has 0 bridgehead atoms. The number of piperazine rings is 1. The number of nitriles is 1. The minimum Gasteiger partial charge on any atom is -0.477 e. The second-order valence-corrected chi connectivity index (χ2v) is 11.1. The number of aromatic carboxylic acids is 1. The summed E-state index contributed by atoms with van der Waals surface area (Å²) >= 11 is 6.99. The van der Waals surface area contributed by atoms with E-state index in [2.05, 4.69) is 9.97 Å². The number of H-pyrrole nitrogens is 1. The molecule has 5 rings (SSSR count). The Kier molecular flexibility index (Phi) is 8.52. The van der Waals surface area contributed by atoms with Crippen molar-refractivity contribution in [3.05, 3.63) is 85.1 Å². The average molecular weight is 623 g/mol. The van der Waals surface area contributed by atoms with Crippen molar-refractivity contribution in [2.24, 2.45) is 0 Å². The molecule has 1 fully saturated rings. The van der Waals surface area contributed by atoms with Gasteiger partial charge in [-0.2, -0.15) is 5.26 Å². The number of carbonyl (C=O) groups is 2. The number of thioether (sulfide) groups is 1. The van der Waals surface area contributed by atoms with Gasteiger partial charge in [0.25, 0.3) is 5.56 Å². The predicted octanol–water partition coefficient (Wildman–Crippen LogP) is 3.57. The number of fused-ring (bicyclic) bond motifs is 1. The van der Waals surface area contributed by atoms with Crippen LogP contribution in [-0.2, 0) is 11.3 Å². The molecule has 1 aliphatic heterocycles. The van der Waals surface area contributed by atoms with Gasteiger partial charge in [-0.3, -0.25) is 14.4 Å². The van der Waals surface area contributed by atoms with Crippen LogP contribution in [0.4, 0.5) is 10.1 Å². The van der Waals surface area contributed by atoms with Crippen molar-refractivity contribution in [3.63, 3.8) is 0 Å². The van der Waals surface area contributed by atoms with Crippen molar-refractivity contribution in [2.75, 3.05) is 36.8 Å². The Bertz CT molecular complexity index is 1910. The van der Waals surface area contributed by atoms with Crippen LogP contribution in [0, 0.1) is 17.1 Å². The van der Waals surface area contributed by atoms with E-state index < -0.39 is 28.3 Å². The van der Waals surface area contributed by atoms with Crippen LogP contribution >= 0.6 is 23.4 Å². The number of hydrogen-bond donors (Lipinski definition) is 2. The maximum absolute atomic E-state index is 15.2.